The van der Waals surface area contributed by atoms with Crippen molar-refractivity contribution in [1.82, 2.24) is 4.90 Å². The second-order valence-corrected chi connectivity index (χ2v) is 5.44. The van der Waals surface area contributed by atoms with Crippen LogP contribution in [0.15, 0.2) is 24.3 Å². The van der Waals surface area contributed by atoms with Gasteiger partial charge in [0.2, 0.25) is 0 Å². The lowest BCUT2D eigenvalue weighted by Gasteiger charge is -2.28. The van der Waals surface area contributed by atoms with Gasteiger partial charge in [-0.25, -0.2) is 0 Å². The molecule has 0 radical (unpaired) electrons. The van der Waals surface area contributed by atoms with E-state index in [0.29, 0.717) is 6.04 Å². The minimum atomic E-state index is 0.662. The summed E-state index contributed by atoms with van der Waals surface area (Å²) in [4.78, 5) is 2.60. The fraction of sp³-hybridized carbons (Fsp3) is 0.647. The van der Waals surface area contributed by atoms with Gasteiger partial charge in [-0.05, 0) is 50.4 Å². The van der Waals surface area contributed by atoms with Crippen LogP contribution in [0.2, 0.25) is 0 Å². The van der Waals surface area contributed by atoms with Gasteiger partial charge in [-0.2, -0.15) is 0 Å². The molecule has 0 aliphatic carbocycles. The zero-order valence-corrected chi connectivity index (χ0v) is 12.9. The van der Waals surface area contributed by atoms with Crippen molar-refractivity contribution in [1.29, 1.82) is 0 Å². The largest absolute Gasteiger partial charge is 0.330 e. The van der Waals surface area contributed by atoms with Crippen LogP contribution in [0.5, 0.6) is 0 Å². The quantitative estimate of drug-likeness (QED) is 0.737. The Morgan fingerprint density at radius 2 is 1.74 bits per heavy atom. The Labute approximate surface area is 119 Å². The molecule has 1 aromatic rings. The molecule has 0 heterocycles. The van der Waals surface area contributed by atoms with Gasteiger partial charge in [-0.15, -0.1) is 0 Å². The molecule has 0 amide bonds. The molecule has 2 nitrogen and oxygen atoms in total. The number of benzene rings is 1. The lowest BCUT2D eigenvalue weighted by atomic mass is 10.1. The first-order valence-electron chi connectivity index (χ1n) is 7.73. The van der Waals surface area contributed by atoms with E-state index in [9.17, 15) is 0 Å². The Hall–Kier alpha value is -0.860. The van der Waals surface area contributed by atoms with Crippen molar-refractivity contribution in [2.24, 2.45) is 5.73 Å². The van der Waals surface area contributed by atoms with Gasteiger partial charge in [0.15, 0.2) is 0 Å². The Bertz CT molecular complexity index is 332. The van der Waals surface area contributed by atoms with E-state index in [-0.39, 0.29) is 0 Å². The lowest BCUT2D eigenvalue weighted by molar-refractivity contribution is 0.192. The molecule has 0 fully saturated rings. The van der Waals surface area contributed by atoms with Crippen LogP contribution in [0.4, 0.5) is 0 Å². The summed E-state index contributed by atoms with van der Waals surface area (Å²) in [5.41, 5.74) is 8.34. The first kappa shape index (κ1) is 16.2. The van der Waals surface area contributed by atoms with Crippen LogP contribution >= 0.6 is 0 Å². The maximum absolute atomic E-state index is 5.58. The molecular weight excluding hydrogens is 232 g/mol. The lowest BCUT2D eigenvalue weighted by Crippen LogP contribution is -2.33. The summed E-state index contributed by atoms with van der Waals surface area (Å²) in [6.07, 6.45) is 4.75. The highest BCUT2D eigenvalue weighted by Crippen LogP contribution is 2.13. The molecule has 0 aromatic heterocycles. The third kappa shape index (κ3) is 5.75. The highest BCUT2D eigenvalue weighted by molar-refractivity contribution is 5.22. The van der Waals surface area contributed by atoms with E-state index < -0.39 is 0 Å². The van der Waals surface area contributed by atoms with Crippen molar-refractivity contribution >= 4 is 0 Å². The van der Waals surface area contributed by atoms with Gasteiger partial charge >= 0.3 is 0 Å². The normalized spacial score (nSPS) is 12.9. The number of unbranched alkanes of at least 4 members (excludes halogenated alkanes) is 1. The highest BCUT2D eigenvalue weighted by atomic mass is 15.1. The van der Waals surface area contributed by atoms with Crippen molar-refractivity contribution in [3.8, 4) is 0 Å². The monoisotopic (exact) mass is 262 g/mol. The van der Waals surface area contributed by atoms with Crippen LogP contribution in [0.3, 0.4) is 0 Å². The fourth-order valence-corrected chi connectivity index (χ4v) is 2.29. The van der Waals surface area contributed by atoms with E-state index in [0.717, 1.165) is 19.5 Å². The van der Waals surface area contributed by atoms with Gasteiger partial charge in [0.25, 0.3) is 0 Å². The molecule has 0 saturated carbocycles. The van der Waals surface area contributed by atoms with E-state index in [1.807, 2.05) is 0 Å². The minimum absolute atomic E-state index is 0.662. The van der Waals surface area contributed by atoms with E-state index in [1.165, 1.54) is 36.9 Å². The van der Waals surface area contributed by atoms with Crippen LogP contribution in [-0.2, 0) is 13.0 Å². The van der Waals surface area contributed by atoms with Gasteiger partial charge in [-0.1, -0.05) is 44.5 Å². The fourth-order valence-electron chi connectivity index (χ4n) is 2.29. The van der Waals surface area contributed by atoms with Gasteiger partial charge in [-0.3, -0.25) is 4.90 Å². The van der Waals surface area contributed by atoms with Crippen LogP contribution in [0.1, 0.15) is 51.2 Å². The third-order valence-corrected chi connectivity index (χ3v) is 3.85. The summed E-state index contributed by atoms with van der Waals surface area (Å²) in [6.45, 7) is 9.87. The van der Waals surface area contributed by atoms with Gasteiger partial charge in [0.05, 0.1) is 0 Å². The molecule has 0 aliphatic heterocycles. The van der Waals surface area contributed by atoms with Crippen molar-refractivity contribution < 1.29 is 0 Å². The average molecular weight is 262 g/mol. The van der Waals surface area contributed by atoms with Crippen LogP contribution < -0.4 is 5.73 Å². The third-order valence-electron chi connectivity index (χ3n) is 3.85. The Balaban J connectivity index is 2.61. The first-order chi connectivity index (χ1) is 9.21. The molecular formula is C17H30N2. The van der Waals surface area contributed by atoms with Gasteiger partial charge in [0.1, 0.15) is 0 Å². The predicted molar refractivity (Wildman–Crippen MR) is 84.3 cm³/mol. The zero-order chi connectivity index (χ0) is 14.1. The SMILES string of the molecule is CCCCN(Cc1ccc(CCN)cc1)C(C)CC. The Morgan fingerprint density at radius 1 is 1.11 bits per heavy atom. The number of hydrogen-bond acceptors (Lipinski definition) is 2. The smallest absolute Gasteiger partial charge is 0.0236 e. The molecule has 108 valence electrons. The van der Waals surface area contributed by atoms with Crippen molar-refractivity contribution in [2.75, 3.05) is 13.1 Å². The summed E-state index contributed by atoms with van der Waals surface area (Å²) >= 11 is 0. The van der Waals surface area contributed by atoms with Crippen LogP contribution in [0, 0.1) is 0 Å². The Morgan fingerprint density at radius 3 is 2.26 bits per heavy atom. The summed E-state index contributed by atoms with van der Waals surface area (Å²) < 4.78 is 0. The molecule has 1 unspecified atom stereocenters. The van der Waals surface area contributed by atoms with E-state index in [2.05, 4.69) is 49.9 Å². The number of hydrogen-bond donors (Lipinski definition) is 1. The molecule has 1 atom stereocenters. The highest BCUT2D eigenvalue weighted by Gasteiger charge is 2.11. The van der Waals surface area contributed by atoms with Crippen molar-refractivity contribution in [3.05, 3.63) is 35.4 Å². The molecule has 0 aliphatic rings. The van der Waals surface area contributed by atoms with Gasteiger partial charge in [0, 0.05) is 12.6 Å². The molecule has 0 saturated heterocycles. The van der Waals surface area contributed by atoms with E-state index in [1.54, 1.807) is 0 Å². The summed E-state index contributed by atoms with van der Waals surface area (Å²) in [7, 11) is 0. The molecule has 19 heavy (non-hydrogen) atoms. The molecule has 0 spiro atoms. The maximum Gasteiger partial charge on any atom is 0.0236 e. The summed E-state index contributed by atoms with van der Waals surface area (Å²) in [5, 5.41) is 0. The average Bonchev–Trinajstić information content (AvgIpc) is 2.44. The first-order valence-corrected chi connectivity index (χ1v) is 7.73. The second-order valence-electron chi connectivity index (χ2n) is 5.44. The summed E-state index contributed by atoms with van der Waals surface area (Å²) in [6, 6.07) is 9.61. The van der Waals surface area contributed by atoms with Crippen molar-refractivity contribution in [2.45, 2.75) is 59.0 Å². The molecule has 0 bridgehead atoms. The molecule has 1 aromatic carbocycles. The van der Waals surface area contributed by atoms with Gasteiger partial charge < -0.3 is 5.73 Å². The molecule has 2 heteroatoms. The topological polar surface area (TPSA) is 29.3 Å². The standard InChI is InChI=1S/C17H30N2/c1-4-6-13-19(15(3)5-2)14-17-9-7-16(8-10-17)11-12-18/h7-10,15H,4-6,11-14,18H2,1-3H3. The summed E-state index contributed by atoms with van der Waals surface area (Å²) in [5.74, 6) is 0. The zero-order valence-electron chi connectivity index (χ0n) is 12.9. The minimum Gasteiger partial charge on any atom is -0.330 e. The molecule has 2 N–H and O–H groups in total. The Kier molecular flexibility index (Phi) is 7.76. The van der Waals surface area contributed by atoms with Crippen LogP contribution in [0.25, 0.3) is 0 Å². The maximum atomic E-state index is 5.58. The second kappa shape index (κ2) is 9.11. The van der Waals surface area contributed by atoms with E-state index in [4.69, 9.17) is 5.73 Å². The van der Waals surface area contributed by atoms with E-state index >= 15 is 0 Å². The number of nitrogens with zero attached hydrogens (tertiary/aromatic N) is 1. The number of rotatable bonds is 9. The van der Waals surface area contributed by atoms with Crippen LogP contribution in [-0.4, -0.2) is 24.0 Å². The van der Waals surface area contributed by atoms with Crippen molar-refractivity contribution in [3.63, 3.8) is 0 Å². The number of nitrogens with two attached hydrogens (primary N) is 1. The predicted octanol–water partition coefficient (Wildman–Crippen LogP) is 3.59. The molecule has 1 rings (SSSR count).